The molecule has 1 heterocycles. The molecule has 1 aliphatic rings. The molecule has 23 heavy (non-hydrogen) atoms. The Bertz CT molecular complexity index is 620. The van der Waals surface area contributed by atoms with Crippen LogP contribution in [-0.4, -0.2) is 29.0 Å². The smallest absolute Gasteiger partial charge is 0.417 e. The third-order valence-electron chi connectivity index (χ3n) is 3.46. The van der Waals surface area contributed by atoms with E-state index in [9.17, 15) is 18.4 Å². The first-order valence-corrected chi connectivity index (χ1v) is 7.64. The Hall–Kier alpha value is -1.69. The minimum Gasteiger partial charge on any atom is -0.443 e. The summed E-state index contributed by atoms with van der Waals surface area (Å²) in [4.78, 5) is 25.3. The molecule has 0 aromatic heterocycles. The molecule has 1 aromatic rings. The monoisotopic (exact) mass is 345 g/mol. The van der Waals surface area contributed by atoms with Crippen LogP contribution < -0.4 is 0 Å². The number of carbonyl (C=O) groups is 2. The van der Waals surface area contributed by atoms with Gasteiger partial charge in [0.25, 0.3) is 0 Å². The van der Waals surface area contributed by atoms with Crippen LogP contribution in [0.3, 0.4) is 0 Å². The number of imide groups is 1. The van der Waals surface area contributed by atoms with Crippen molar-refractivity contribution in [2.24, 2.45) is 5.92 Å². The number of hydrogen-bond acceptors (Lipinski definition) is 3. The minimum absolute atomic E-state index is 0.142. The molecule has 0 aliphatic carbocycles. The van der Waals surface area contributed by atoms with Gasteiger partial charge in [0.05, 0.1) is 0 Å². The molecule has 0 radical (unpaired) electrons. The van der Waals surface area contributed by atoms with E-state index in [0.29, 0.717) is 12.0 Å². The van der Waals surface area contributed by atoms with Crippen LogP contribution in [0.1, 0.15) is 32.8 Å². The van der Waals surface area contributed by atoms with Crippen molar-refractivity contribution in [1.82, 2.24) is 4.90 Å². The molecule has 1 fully saturated rings. The Morgan fingerprint density at radius 1 is 1.35 bits per heavy atom. The van der Waals surface area contributed by atoms with Gasteiger partial charge in [-0.3, -0.25) is 4.79 Å². The normalized spacial score (nSPS) is 18.4. The molecular weight excluding hydrogens is 328 g/mol. The quantitative estimate of drug-likeness (QED) is 0.763. The van der Waals surface area contributed by atoms with Gasteiger partial charge in [0.1, 0.15) is 22.3 Å². The molecule has 7 heteroatoms. The van der Waals surface area contributed by atoms with Crippen molar-refractivity contribution in [3.8, 4) is 0 Å². The second-order valence-electron chi connectivity index (χ2n) is 6.53. The summed E-state index contributed by atoms with van der Waals surface area (Å²) in [6.07, 6.45) is -0.133. The number of hydrogen-bond donors (Lipinski definition) is 0. The molecule has 1 atom stereocenters. The lowest BCUT2D eigenvalue weighted by molar-refractivity contribution is -0.130. The maximum Gasteiger partial charge on any atom is 0.417 e. The summed E-state index contributed by atoms with van der Waals surface area (Å²) in [6, 6.07) is 2.21. The SMILES string of the molecule is CC(C)(C)OC(=O)N1CCC(Cc2cc(F)c(Cl)c(F)c2)C1=O. The zero-order valence-electron chi connectivity index (χ0n) is 13.2. The Morgan fingerprint density at radius 2 is 1.91 bits per heavy atom. The highest BCUT2D eigenvalue weighted by molar-refractivity contribution is 6.30. The predicted octanol–water partition coefficient (Wildman–Crippen LogP) is 3.94. The number of likely N-dealkylation sites (tertiary alicyclic amines) is 1. The summed E-state index contributed by atoms with van der Waals surface area (Å²) >= 11 is 5.43. The Morgan fingerprint density at radius 3 is 2.43 bits per heavy atom. The highest BCUT2D eigenvalue weighted by Crippen LogP contribution is 2.27. The second kappa shape index (κ2) is 6.43. The van der Waals surface area contributed by atoms with Gasteiger partial charge in [0.15, 0.2) is 0 Å². The van der Waals surface area contributed by atoms with Crippen LogP contribution in [-0.2, 0) is 16.0 Å². The first-order chi connectivity index (χ1) is 10.6. The Labute approximate surface area is 138 Å². The molecule has 0 saturated carbocycles. The summed E-state index contributed by atoms with van der Waals surface area (Å²) in [5.41, 5.74) is -0.369. The predicted molar refractivity (Wildman–Crippen MR) is 81.1 cm³/mol. The van der Waals surface area contributed by atoms with Gasteiger partial charge in [-0.15, -0.1) is 0 Å². The number of rotatable bonds is 2. The van der Waals surface area contributed by atoms with Crippen molar-refractivity contribution in [2.75, 3.05) is 6.54 Å². The maximum atomic E-state index is 13.5. The van der Waals surface area contributed by atoms with E-state index in [1.54, 1.807) is 20.8 Å². The third-order valence-corrected chi connectivity index (χ3v) is 3.82. The maximum absolute atomic E-state index is 13.5. The van der Waals surface area contributed by atoms with Crippen molar-refractivity contribution in [1.29, 1.82) is 0 Å². The molecule has 1 saturated heterocycles. The number of benzene rings is 1. The summed E-state index contributed by atoms with van der Waals surface area (Å²) in [5.74, 6) is -2.63. The molecule has 2 amide bonds. The van der Waals surface area contributed by atoms with Crippen LogP contribution in [0.15, 0.2) is 12.1 Å². The van der Waals surface area contributed by atoms with Crippen molar-refractivity contribution in [3.05, 3.63) is 34.4 Å². The van der Waals surface area contributed by atoms with Gasteiger partial charge in [-0.05, 0) is 51.3 Å². The van der Waals surface area contributed by atoms with Gasteiger partial charge in [-0.2, -0.15) is 0 Å². The zero-order valence-corrected chi connectivity index (χ0v) is 13.9. The summed E-state index contributed by atoms with van der Waals surface area (Å²) in [6.45, 7) is 5.36. The zero-order chi connectivity index (χ0) is 17.4. The topological polar surface area (TPSA) is 46.6 Å². The number of ether oxygens (including phenoxy) is 1. The minimum atomic E-state index is -0.865. The average Bonchev–Trinajstić information content (AvgIpc) is 2.75. The molecule has 4 nitrogen and oxygen atoms in total. The number of amides is 2. The van der Waals surface area contributed by atoms with E-state index in [4.69, 9.17) is 16.3 Å². The Kier molecular flexibility index (Phi) is 4.94. The van der Waals surface area contributed by atoms with Gasteiger partial charge in [0.2, 0.25) is 5.91 Å². The third kappa shape index (κ3) is 4.19. The molecule has 0 bridgehead atoms. The second-order valence-corrected chi connectivity index (χ2v) is 6.91. The van der Waals surface area contributed by atoms with E-state index >= 15 is 0 Å². The number of nitrogens with zero attached hydrogens (tertiary/aromatic N) is 1. The van der Waals surface area contributed by atoms with Crippen LogP contribution in [0, 0.1) is 17.6 Å². The van der Waals surface area contributed by atoms with Gasteiger partial charge in [0, 0.05) is 12.5 Å². The highest BCUT2D eigenvalue weighted by atomic mass is 35.5. The number of carbonyl (C=O) groups excluding carboxylic acids is 2. The fourth-order valence-corrected chi connectivity index (χ4v) is 2.55. The van der Waals surface area contributed by atoms with Crippen molar-refractivity contribution < 1.29 is 23.1 Å². The van der Waals surface area contributed by atoms with Crippen molar-refractivity contribution in [3.63, 3.8) is 0 Å². The first-order valence-electron chi connectivity index (χ1n) is 7.26. The van der Waals surface area contributed by atoms with Gasteiger partial charge >= 0.3 is 6.09 Å². The van der Waals surface area contributed by atoms with E-state index in [2.05, 4.69) is 0 Å². The van der Waals surface area contributed by atoms with E-state index in [1.165, 1.54) is 0 Å². The van der Waals surface area contributed by atoms with Gasteiger partial charge < -0.3 is 4.74 Å². The van der Waals surface area contributed by atoms with Crippen LogP contribution >= 0.6 is 11.6 Å². The van der Waals surface area contributed by atoms with E-state index in [-0.39, 0.29) is 13.0 Å². The van der Waals surface area contributed by atoms with Gasteiger partial charge in [-0.25, -0.2) is 18.5 Å². The van der Waals surface area contributed by atoms with Crippen LogP contribution in [0.25, 0.3) is 0 Å². The first kappa shape index (κ1) is 17.7. The van der Waals surface area contributed by atoms with Crippen LogP contribution in [0.2, 0.25) is 5.02 Å². The Balaban J connectivity index is 2.07. The van der Waals surface area contributed by atoms with E-state index in [0.717, 1.165) is 17.0 Å². The van der Waals surface area contributed by atoms with Gasteiger partial charge in [-0.1, -0.05) is 11.6 Å². The average molecular weight is 346 g/mol. The molecule has 2 rings (SSSR count). The molecule has 0 spiro atoms. The summed E-state index contributed by atoms with van der Waals surface area (Å²) < 4.78 is 32.1. The van der Waals surface area contributed by atoms with Crippen LogP contribution in [0.4, 0.5) is 13.6 Å². The summed E-state index contributed by atoms with van der Waals surface area (Å²) in [7, 11) is 0. The van der Waals surface area contributed by atoms with E-state index < -0.39 is 40.2 Å². The largest absolute Gasteiger partial charge is 0.443 e. The lowest BCUT2D eigenvalue weighted by atomic mass is 9.98. The fourth-order valence-electron chi connectivity index (χ4n) is 2.44. The fraction of sp³-hybridized carbons (Fsp3) is 0.500. The van der Waals surface area contributed by atoms with E-state index in [1.807, 2.05) is 0 Å². The standard InChI is InChI=1S/C16H18ClF2NO3/c1-16(2,3)23-15(22)20-5-4-10(14(20)21)6-9-7-11(18)13(17)12(19)8-9/h7-8,10H,4-6H2,1-3H3. The summed E-state index contributed by atoms with van der Waals surface area (Å²) in [5, 5.41) is -0.568. The van der Waals surface area contributed by atoms with Crippen molar-refractivity contribution >= 4 is 23.6 Å². The van der Waals surface area contributed by atoms with Crippen LogP contribution in [0.5, 0.6) is 0 Å². The molecule has 0 N–H and O–H groups in total. The molecule has 1 aromatic carbocycles. The molecular formula is C16H18ClF2NO3. The number of halogens is 3. The highest BCUT2D eigenvalue weighted by Gasteiger charge is 2.37. The lowest BCUT2D eigenvalue weighted by Crippen LogP contribution is -2.38. The van der Waals surface area contributed by atoms with Crippen molar-refractivity contribution in [2.45, 2.75) is 39.2 Å². The molecule has 1 unspecified atom stereocenters. The molecule has 126 valence electrons. The lowest BCUT2D eigenvalue weighted by Gasteiger charge is -2.23. The molecule has 1 aliphatic heterocycles.